The second kappa shape index (κ2) is 8.33. The lowest BCUT2D eigenvalue weighted by molar-refractivity contribution is -0.137. The normalized spacial score (nSPS) is 15.9. The molecule has 0 bridgehead atoms. The maximum absolute atomic E-state index is 12.8. The molecule has 0 aliphatic carbocycles. The van der Waals surface area contributed by atoms with Crippen LogP contribution < -0.4 is 5.32 Å². The highest BCUT2D eigenvalue weighted by Gasteiger charge is 2.30. The van der Waals surface area contributed by atoms with Gasteiger partial charge in [-0.25, -0.2) is 0 Å². The second-order valence-corrected chi connectivity index (χ2v) is 5.99. The molecule has 0 saturated carbocycles. The van der Waals surface area contributed by atoms with E-state index in [1.807, 2.05) is 4.90 Å². The van der Waals surface area contributed by atoms with Gasteiger partial charge in [-0.3, -0.25) is 14.5 Å². The standard InChI is InChI=1S/C17H22F3N3O2/c1-2-15(24)21-11-16(25)23-8-6-22(7-9-23)12-13-4-3-5-14(10-13)17(18,19)20/h3-5,10H,2,6-9,11-12H2,1H3,(H,21,24). The van der Waals surface area contributed by atoms with Crippen LogP contribution in [0.4, 0.5) is 13.2 Å². The molecule has 8 heteroatoms. The molecule has 1 aromatic carbocycles. The van der Waals surface area contributed by atoms with Crippen LogP contribution >= 0.6 is 0 Å². The van der Waals surface area contributed by atoms with E-state index in [9.17, 15) is 22.8 Å². The Morgan fingerprint density at radius 2 is 1.84 bits per heavy atom. The van der Waals surface area contributed by atoms with Gasteiger partial charge in [-0.05, 0) is 11.6 Å². The fraction of sp³-hybridized carbons (Fsp3) is 0.529. The van der Waals surface area contributed by atoms with Crippen molar-refractivity contribution < 1.29 is 22.8 Å². The highest BCUT2D eigenvalue weighted by Crippen LogP contribution is 2.29. The topological polar surface area (TPSA) is 52.7 Å². The van der Waals surface area contributed by atoms with Gasteiger partial charge in [-0.2, -0.15) is 13.2 Å². The third-order valence-electron chi connectivity index (χ3n) is 4.14. The van der Waals surface area contributed by atoms with Gasteiger partial charge in [0.15, 0.2) is 0 Å². The summed E-state index contributed by atoms with van der Waals surface area (Å²) in [6.45, 7) is 4.29. The summed E-state index contributed by atoms with van der Waals surface area (Å²) in [5, 5.41) is 2.55. The van der Waals surface area contributed by atoms with Crippen LogP contribution in [0, 0.1) is 0 Å². The molecule has 0 unspecified atom stereocenters. The fourth-order valence-corrected chi connectivity index (χ4v) is 2.67. The summed E-state index contributed by atoms with van der Waals surface area (Å²) in [7, 11) is 0. The van der Waals surface area contributed by atoms with Crippen LogP contribution in [0.1, 0.15) is 24.5 Å². The van der Waals surface area contributed by atoms with Gasteiger partial charge in [0.25, 0.3) is 0 Å². The molecule has 0 atom stereocenters. The van der Waals surface area contributed by atoms with E-state index in [0.717, 1.165) is 12.1 Å². The van der Waals surface area contributed by atoms with E-state index >= 15 is 0 Å². The first kappa shape index (κ1) is 19.2. The number of rotatable bonds is 5. The van der Waals surface area contributed by atoms with Gasteiger partial charge in [0.1, 0.15) is 0 Å². The molecule has 0 radical (unpaired) electrons. The molecule has 0 spiro atoms. The molecule has 2 rings (SSSR count). The van der Waals surface area contributed by atoms with Crippen molar-refractivity contribution in [3.05, 3.63) is 35.4 Å². The minimum absolute atomic E-state index is 0.0136. The maximum Gasteiger partial charge on any atom is 0.416 e. The predicted molar refractivity (Wildman–Crippen MR) is 86.6 cm³/mol. The molecule has 1 saturated heterocycles. The van der Waals surface area contributed by atoms with E-state index in [1.165, 1.54) is 6.07 Å². The highest BCUT2D eigenvalue weighted by molar-refractivity contribution is 5.84. The minimum Gasteiger partial charge on any atom is -0.347 e. The summed E-state index contributed by atoms with van der Waals surface area (Å²) >= 11 is 0. The Hall–Kier alpha value is -2.09. The molecular formula is C17H22F3N3O2. The number of nitrogens with one attached hydrogen (secondary N) is 1. The van der Waals surface area contributed by atoms with Gasteiger partial charge < -0.3 is 10.2 Å². The van der Waals surface area contributed by atoms with Crippen molar-refractivity contribution in [3.8, 4) is 0 Å². The Kier molecular flexibility index (Phi) is 6.41. The van der Waals surface area contributed by atoms with Crippen LogP contribution in [0.15, 0.2) is 24.3 Å². The quantitative estimate of drug-likeness (QED) is 0.875. The first-order chi connectivity index (χ1) is 11.8. The Labute approximate surface area is 144 Å². The number of alkyl halides is 3. The van der Waals surface area contributed by atoms with Crippen LogP contribution in [-0.4, -0.2) is 54.3 Å². The van der Waals surface area contributed by atoms with E-state index < -0.39 is 11.7 Å². The number of amides is 2. The van der Waals surface area contributed by atoms with E-state index in [2.05, 4.69) is 5.32 Å². The van der Waals surface area contributed by atoms with Gasteiger partial charge >= 0.3 is 6.18 Å². The van der Waals surface area contributed by atoms with Crippen LogP contribution in [0.25, 0.3) is 0 Å². The van der Waals surface area contributed by atoms with Gasteiger partial charge in [0.2, 0.25) is 11.8 Å². The average molecular weight is 357 g/mol. The van der Waals surface area contributed by atoms with Crippen molar-refractivity contribution >= 4 is 11.8 Å². The number of benzene rings is 1. The van der Waals surface area contributed by atoms with Gasteiger partial charge in [-0.1, -0.05) is 25.1 Å². The van der Waals surface area contributed by atoms with Crippen molar-refractivity contribution in [2.45, 2.75) is 26.1 Å². The molecular weight excluding hydrogens is 335 g/mol. The summed E-state index contributed by atoms with van der Waals surface area (Å²) in [6.07, 6.45) is -4.01. The third-order valence-corrected chi connectivity index (χ3v) is 4.14. The summed E-state index contributed by atoms with van der Waals surface area (Å²) in [4.78, 5) is 26.9. The number of halogens is 3. The van der Waals surface area contributed by atoms with E-state index in [-0.39, 0.29) is 18.4 Å². The van der Waals surface area contributed by atoms with Crippen molar-refractivity contribution in [2.24, 2.45) is 0 Å². The van der Waals surface area contributed by atoms with E-state index in [4.69, 9.17) is 0 Å². The smallest absolute Gasteiger partial charge is 0.347 e. The summed E-state index contributed by atoms with van der Waals surface area (Å²) in [5.41, 5.74) is -0.0460. The first-order valence-corrected chi connectivity index (χ1v) is 8.22. The molecule has 5 nitrogen and oxygen atoms in total. The number of carbonyl (C=O) groups excluding carboxylic acids is 2. The molecule has 1 aromatic rings. The largest absolute Gasteiger partial charge is 0.416 e. The molecule has 1 fully saturated rings. The summed E-state index contributed by atoms with van der Waals surface area (Å²) in [5.74, 6) is -0.308. The zero-order valence-corrected chi connectivity index (χ0v) is 14.1. The number of carbonyl (C=O) groups is 2. The van der Waals surface area contributed by atoms with Crippen LogP contribution in [0.5, 0.6) is 0 Å². The molecule has 1 heterocycles. The second-order valence-electron chi connectivity index (χ2n) is 5.99. The SMILES string of the molecule is CCC(=O)NCC(=O)N1CCN(Cc2cccc(C(F)(F)F)c2)CC1. The van der Waals surface area contributed by atoms with Crippen molar-refractivity contribution in [2.75, 3.05) is 32.7 Å². The van der Waals surface area contributed by atoms with Crippen molar-refractivity contribution in [1.82, 2.24) is 15.1 Å². The number of nitrogens with zero attached hydrogens (tertiary/aromatic N) is 2. The molecule has 1 aliphatic rings. The zero-order valence-electron chi connectivity index (χ0n) is 14.1. The molecule has 1 aliphatic heterocycles. The Bertz CT molecular complexity index is 611. The van der Waals surface area contributed by atoms with E-state index in [0.29, 0.717) is 44.7 Å². The Balaban J connectivity index is 1.82. The Morgan fingerprint density at radius 1 is 1.16 bits per heavy atom. The third kappa shape index (κ3) is 5.74. The average Bonchev–Trinajstić information content (AvgIpc) is 2.59. The van der Waals surface area contributed by atoms with Gasteiger partial charge in [-0.15, -0.1) is 0 Å². The predicted octanol–water partition coefficient (Wildman–Crippen LogP) is 1.88. The lowest BCUT2D eigenvalue weighted by atomic mass is 10.1. The fourth-order valence-electron chi connectivity index (χ4n) is 2.67. The molecule has 0 aromatic heterocycles. The maximum atomic E-state index is 12.8. The van der Waals surface area contributed by atoms with Crippen molar-refractivity contribution in [1.29, 1.82) is 0 Å². The lowest BCUT2D eigenvalue weighted by Gasteiger charge is -2.34. The van der Waals surface area contributed by atoms with Crippen molar-refractivity contribution in [3.63, 3.8) is 0 Å². The number of hydrogen-bond acceptors (Lipinski definition) is 3. The van der Waals surface area contributed by atoms with Gasteiger partial charge in [0, 0.05) is 39.1 Å². The van der Waals surface area contributed by atoms with Crippen LogP contribution in [-0.2, 0) is 22.3 Å². The number of hydrogen-bond donors (Lipinski definition) is 1. The number of piperazine rings is 1. The molecule has 1 N–H and O–H groups in total. The minimum atomic E-state index is -4.34. The zero-order chi connectivity index (χ0) is 18.4. The highest BCUT2D eigenvalue weighted by atomic mass is 19.4. The Morgan fingerprint density at radius 3 is 2.44 bits per heavy atom. The molecule has 138 valence electrons. The van der Waals surface area contributed by atoms with E-state index in [1.54, 1.807) is 17.9 Å². The molecule has 25 heavy (non-hydrogen) atoms. The first-order valence-electron chi connectivity index (χ1n) is 8.22. The van der Waals surface area contributed by atoms with Gasteiger partial charge in [0.05, 0.1) is 12.1 Å². The van der Waals surface area contributed by atoms with Crippen LogP contribution in [0.2, 0.25) is 0 Å². The molecule has 2 amide bonds. The van der Waals surface area contributed by atoms with Crippen LogP contribution in [0.3, 0.4) is 0 Å². The summed E-state index contributed by atoms with van der Waals surface area (Å²) < 4.78 is 38.3. The lowest BCUT2D eigenvalue weighted by Crippen LogP contribution is -2.50. The monoisotopic (exact) mass is 357 g/mol. The summed E-state index contributed by atoms with van der Waals surface area (Å²) in [6, 6.07) is 5.31.